The van der Waals surface area contributed by atoms with Gasteiger partial charge in [0.05, 0.1) is 25.5 Å². The molecule has 0 radical (unpaired) electrons. The lowest BCUT2D eigenvalue weighted by Gasteiger charge is -2.34. The first-order chi connectivity index (χ1) is 18.0. The molecule has 8 nitrogen and oxygen atoms in total. The number of rotatable bonds is 8. The molecule has 4 rings (SSSR count). The van der Waals surface area contributed by atoms with Crippen molar-refractivity contribution in [3.63, 3.8) is 0 Å². The van der Waals surface area contributed by atoms with Crippen LogP contribution in [0.4, 0.5) is 4.79 Å². The number of nitrogens with zero attached hydrogens (tertiary/aromatic N) is 3. The van der Waals surface area contributed by atoms with E-state index >= 15 is 0 Å². The van der Waals surface area contributed by atoms with Crippen molar-refractivity contribution in [2.24, 2.45) is 0 Å². The standard InChI is InChI=1S/C29H36N4O4/c1-5-6-14-30-29(35)32-17-15-31(16-18-32)28(34)24-20-25(22-10-8-7-9-11-22)33(21(24)2)23-12-13-26(36-3)27(19-23)37-4/h7-13,19-20H,5-6,14-18H2,1-4H3,(H,30,35). The number of methoxy groups -OCH3 is 2. The van der Waals surface area contributed by atoms with E-state index in [0.29, 0.717) is 49.8 Å². The first-order valence-electron chi connectivity index (χ1n) is 12.8. The van der Waals surface area contributed by atoms with Crippen LogP contribution < -0.4 is 14.8 Å². The number of ether oxygens (including phenoxy) is 2. The molecule has 2 aromatic carbocycles. The van der Waals surface area contributed by atoms with Crippen LogP contribution in [0, 0.1) is 6.92 Å². The molecule has 0 spiro atoms. The zero-order chi connectivity index (χ0) is 26.4. The molecule has 196 valence electrons. The van der Waals surface area contributed by atoms with Crippen LogP contribution >= 0.6 is 0 Å². The minimum Gasteiger partial charge on any atom is -0.493 e. The molecule has 1 fully saturated rings. The number of benzene rings is 2. The lowest BCUT2D eigenvalue weighted by atomic mass is 10.1. The van der Waals surface area contributed by atoms with E-state index in [1.807, 2.05) is 66.4 Å². The van der Waals surface area contributed by atoms with Gasteiger partial charge in [-0.2, -0.15) is 0 Å². The number of piperazine rings is 1. The second-order valence-electron chi connectivity index (χ2n) is 9.13. The van der Waals surface area contributed by atoms with Gasteiger partial charge in [0.25, 0.3) is 5.91 Å². The molecule has 1 aliphatic heterocycles. The van der Waals surface area contributed by atoms with E-state index in [2.05, 4.69) is 16.8 Å². The zero-order valence-electron chi connectivity index (χ0n) is 22.1. The van der Waals surface area contributed by atoms with Crippen molar-refractivity contribution in [1.82, 2.24) is 19.7 Å². The molecule has 3 aromatic rings. The molecular formula is C29H36N4O4. The van der Waals surface area contributed by atoms with Gasteiger partial charge in [0, 0.05) is 50.2 Å². The number of hydrogen-bond donors (Lipinski definition) is 1. The maximum absolute atomic E-state index is 13.7. The maximum Gasteiger partial charge on any atom is 0.317 e. The first kappa shape index (κ1) is 26.1. The molecule has 8 heteroatoms. The summed E-state index contributed by atoms with van der Waals surface area (Å²) in [5.41, 5.74) is 4.29. The first-order valence-corrected chi connectivity index (χ1v) is 12.8. The predicted octanol–water partition coefficient (Wildman–Crippen LogP) is 4.74. The second-order valence-corrected chi connectivity index (χ2v) is 9.13. The number of carbonyl (C=O) groups is 2. The molecule has 0 unspecified atom stereocenters. The van der Waals surface area contributed by atoms with Crippen LogP contribution in [0.2, 0.25) is 0 Å². The van der Waals surface area contributed by atoms with Crippen molar-refractivity contribution < 1.29 is 19.1 Å². The Bertz CT molecular complexity index is 1230. The Hall–Kier alpha value is -3.94. The Balaban J connectivity index is 1.62. The van der Waals surface area contributed by atoms with Crippen LogP contribution in [0.5, 0.6) is 11.5 Å². The minimum absolute atomic E-state index is 0.0278. The van der Waals surface area contributed by atoms with Crippen LogP contribution in [0.15, 0.2) is 54.6 Å². The largest absolute Gasteiger partial charge is 0.493 e. The number of aromatic nitrogens is 1. The van der Waals surface area contributed by atoms with Gasteiger partial charge in [-0.3, -0.25) is 4.79 Å². The Morgan fingerprint density at radius 3 is 2.22 bits per heavy atom. The molecule has 1 N–H and O–H groups in total. The molecular weight excluding hydrogens is 468 g/mol. The fraction of sp³-hybridized carbons (Fsp3) is 0.379. The number of urea groups is 1. The Labute approximate surface area is 218 Å². The third kappa shape index (κ3) is 5.58. The monoisotopic (exact) mass is 504 g/mol. The van der Waals surface area contributed by atoms with E-state index in [4.69, 9.17) is 9.47 Å². The third-order valence-electron chi connectivity index (χ3n) is 6.83. The molecule has 0 saturated carbocycles. The summed E-state index contributed by atoms with van der Waals surface area (Å²) in [4.78, 5) is 29.8. The SMILES string of the molecule is CCCCNC(=O)N1CCN(C(=O)c2cc(-c3ccccc3)n(-c3ccc(OC)c(OC)c3)c2C)CC1. The molecule has 2 heterocycles. The Morgan fingerprint density at radius 2 is 1.57 bits per heavy atom. The molecule has 37 heavy (non-hydrogen) atoms. The van der Waals surface area contributed by atoms with E-state index in [0.717, 1.165) is 35.5 Å². The summed E-state index contributed by atoms with van der Waals surface area (Å²) in [6.07, 6.45) is 2.00. The van der Waals surface area contributed by atoms with Crippen molar-refractivity contribution in [2.75, 3.05) is 46.9 Å². The summed E-state index contributed by atoms with van der Waals surface area (Å²) in [5, 5.41) is 2.96. The fourth-order valence-corrected chi connectivity index (χ4v) is 4.71. The van der Waals surface area contributed by atoms with Gasteiger partial charge >= 0.3 is 6.03 Å². The van der Waals surface area contributed by atoms with Gasteiger partial charge in [-0.15, -0.1) is 0 Å². The van der Waals surface area contributed by atoms with Gasteiger partial charge < -0.3 is 29.2 Å². The fourth-order valence-electron chi connectivity index (χ4n) is 4.71. The molecule has 1 saturated heterocycles. The summed E-state index contributed by atoms with van der Waals surface area (Å²) >= 11 is 0. The Kier molecular flexibility index (Phi) is 8.38. The van der Waals surface area contributed by atoms with Crippen molar-refractivity contribution in [3.8, 4) is 28.4 Å². The van der Waals surface area contributed by atoms with Crippen molar-refractivity contribution in [3.05, 3.63) is 65.9 Å². The van der Waals surface area contributed by atoms with E-state index in [9.17, 15) is 9.59 Å². The number of amides is 3. The number of nitrogens with one attached hydrogen (secondary N) is 1. The van der Waals surface area contributed by atoms with E-state index in [1.165, 1.54) is 0 Å². The predicted molar refractivity (Wildman–Crippen MR) is 145 cm³/mol. The lowest BCUT2D eigenvalue weighted by molar-refractivity contribution is 0.0664. The van der Waals surface area contributed by atoms with Crippen LogP contribution in [-0.4, -0.2) is 73.2 Å². The quantitative estimate of drug-likeness (QED) is 0.450. The summed E-state index contributed by atoms with van der Waals surface area (Å²) in [6, 6.07) is 17.7. The highest BCUT2D eigenvalue weighted by atomic mass is 16.5. The smallest absolute Gasteiger partial charge is 0.317 e. The van der Waals surface area contributed by atoms with E-state index < -0.39 is 0 Å². The summed E-state index contributed by atoms with van der Waals surface area (Å²) in [5.74, 6) is 1.23. The van der Waals surface area contributed by atoms with E-state index in [-0.39, 0.29) is 11.9 Å². The van der Waals surface area contributed by atoms with Crippen LogP contribution in [0.3, 0.4) is 0 Å². The van der Waals surface area contributed by atoms with Gasteiger partial charge in [-0.25, -0.2) is 4.79 Å². The van der Waals surface area contributed by atoms with Gasteiger partial charge in [0.1, 0.15) is 0 Å². The van der Waals surface area contributed by atoms with Gasteiger partial charge in [0.2, 0.25) is 0 Å². The topological polar surface area (TPSA) is 76.0 Å². The summed E-state index contributed by atoms with van der Waals surface area (Å²) < 4.78 is 13.0. The molecule has 0 bridgehead atoms. The molecule has 3 amide bonds. The van der Waals surface area contributed by atoms with Crippen molar-refractivity contribution >= 4 is 11.9 Å². The third-order valence-corrected chi connectivity index (χ3v) is 6.83. The lowest BCUT2D eigenvalue weighted by Crippen LogP contribution is -2.53. The molecule has 0 atom stereocenters. The molecule has 1 aromatic heterocycles. The van der Waals surface area contributed by atoms with Gasteiger partial charge in [-0.05, 0) is 37.1 Å². The van der Waals surface area contributed by atoms with Crippen LogP contribution in [0.25, 0.3) is 16.9 Å². The van der Waals surface area contributed by atoms with E-state index in [1.54, 1.807) is 19.1 Å². The zero-order valence-corrected chi connectivity index (χ0v) is 22.1. The van der Waals surface area contributed by atoms with Crippen molar-refractivity contribution in [1.29, 1.82) is 0 Å². The van der Waals surface area contributed by atoms with Gasteiger partial charge in [-0.1, -0.05) is 43.7 Å². The average Bonchev–Trinajstić information content (AvgIpc) is 3.29. The maximum atomic E-state index is 13.7. The highest BCUT2D eigenvalue weighted by molar-refractivity contribution is 5.97. The number of carbonyl (C=O) groups excluding carboxylic acids is 2. The molecule has 1 aliphatic rings. The summed E-state index contributed by atoms with van der Waals surface area (Å²) in [6.45, 7) is 6.78. The van der Waals surface area contributed by atoms with Crippen LogP contribution in [-0.2, 0) is 0 Å². The highest BCUT2D eigenvalue weighted by Gasteiger charge is 2.28. The Morgan fingerprint density at radius 1 is 0.892 bits per heavy atom. The average molecular weight is 505 g/mol. The highest BCUT2D eigenvalue weighted by Crippen LogP contribution is 2.34. The van der Waals surface area contributed by atoms with Crippen molar-refractivity contribution in [2.45, 2.75) is 26.7 Å². The number of hydrogen-bond acceptors (Lipinski definition) is 4. The number of unbranched alkanes of at least 4 members (excludes halogenated alkanes) is 1. The normalized spacial score (nSPS) is 13.4. The van der Waals surface area contributed by atoms with Gasteiger partial charge in [0.15, 0.2) is 11.5 Å². The second kappa shape index (κ2) is 11.9. The van der Waals surface area contributed by atoms with Crippen LogP contribution in [0.1, 0.15) is 35.8 Å². The summed E-state index contributed by atoms with van der Waals surface area (Å²) in [7, 11) is 3.22. The molecule has 0 aliphatic carbocycles. The minimum atomic E-state index is -0.0531.